The van der Waals surface area contributed by atoms with Gasteiger partial charge in [-0.3, -0.25) is 14.5 Å². The van der Waals surface area contributed by atoms with E-state index in [1.807, 2.05) is 49.4 Å². The third-order valence-corrected chi connectivity index (χ3v) is 11.6. The number of hydrogen-bond donors (Lipinski definition) is 1. The number of carbonyl (C=O) groups excluding carboxylic acids is 2. The first-order chi connectivity index (χ1) is 26.7. The van der Waals surface area contributed by atoms with Crippen LogP contribution in [0.1, 0.15) is 54.1 Å². The van der Waals surface area contributed by atoms with E-state index in [9.17, 15) is 14.7 Å². The maximum Gasteiger partial charge on any atom is 0.301 e. The number of nitrogens with zero attached hydrogens (tertiary/aromatic N) is 3. The smallest absolute Gasteiger partial charge is 0.301 e. The lowest BCUT2D eigenvalue weighted by Crippen LogP contribution is -2.29. The lowest BCUT2D eigenvalue weighted by Gasteiger charge is -2.23. The van der Waals surface area contributed by atoms with Gasteiger partial charge in [-0.05, 0) is 88.7 Å². The molecule has 1 aliphatic heterocycles. The number of ether oxygens (including phenoxy) is 3. The molecule has 0 saturated carbocycles. The highest BCUT2D eigenvalue weighted by molar-refractivity contribution is 8.00. The highest BCUT2D eigenvalue weighted by Crippen LogP contribution is 2.46. The first-order valence-electron chi connectivity index (χ1n) is 18.0. The van der Waals surface area contributed by atoms with Gasteiger partial charge in [-0.15, -0.1) is 10.2 Å². The van der Waals surface area contributed by atoms with Crippen molar-refractivity contribution in [3.8, 4) is 17.2 Å². The molecule has 1 N–H and O–H groups in total. The monoisotopic (exact) mass is 771 g/mol. The Hall–Kier alpha value is -5.65. The second-order valence-electron chi connectivity index (χ2n) is 13.6. The average Bonchev–Trinajstić information content (AvgIpc) is 3.77. The summed E-state index contributed by atoms with van der Waals surface area (Å²) in [6, 6.07) is 33.5. The highest BCUT2D eigenvalue weighted by atomic mass is 32.2. The molecule has 0 spiro atoms. The second-order valence-corrected chi connectivity index (χ2v) is 15.8. The van der Waals surface area contributed by atoms with Crippen LogP contribution >= 0.6 is 23.1 Å². The minimum Gasteiger partial charge on any atom is -0.507 e. The number of thioether (sulfide) groups is 1. The number of amides is 1. The SMILES string of the molecule is COc1cc(C2/C(=C(\O)c3ccc(OCc4ccccc4C)cc3)C(=O)C(=O)N2c2nnc(SCc3cccc4ccccc34)s2)ccc1OCCC(C)C. The van der Waals surface area contributed by atoms with Crippen LogP contribution in [0.5, 0.6) is 17.2 Å². The van der Waals surface area contributed by atoms with Crippen molar-refractivity contribution in [3.05, 3.63) is 143 Å². The van der Waals surface area contributed by atoms with Gasteiger partial charge < -0.3 is 19.3 Å². The van der Waals surface area contributed by atoms with Crippen LogP contribution in [-0.2, 0) is 21.9 Å². The molecule has 1 amide bonds. The molecule has 7 rings (SSSR count). The third kappa shape index (κ3) is 8.23. The van der Waals surface area contributed by atoms with Crippen molar-refractivity contribution in [3.63, 3.8) is 0 Å². The van der Waals surface area contributed by atoms with Gasteiger partial charge in [0, 0.05) is 11.3 Å². The van der Waals surface area contributed by atoms with Crippen LogP contribution in [0.3, 0.4) is 0 Å². The Kier molecular flexibility index (Phi) is 11.5. The van der Waals surface area contributed by atoms with E-state index < -0.39 is 17.7 Å². The van der Waals surface area contributed by atoms with E-state index in [1.165, 1.54) is 35.1 Å². The molecule has 1 unspecified atom stereocenters. The van der Waals surface area contributed by atoms with Crippen molar-refractivity contribution in [1.29, 1.82) is 0 Å². The van der Waals surface area contributed by atoms with Crippen molar-refractivity contribution in [2.45, 2.75) is 49.9 Å². The molecule has 0 radical (unpaired) electrons. The Morgan fingerprint density at radius 1 is 0.873 bits per heavy atom. The number of anilines is 1. The maximum absolute atomic E-state index is 14.0. The molecule has 1 aliphatic rings. The predicted molar refractivity (Wildman–Crippen MR) is 218 cm³/mol. The first kappa shape index (κ1) is 37.7. The molecule has 5 aromatic carbocycles. The molecule has 1 saturated heterocycles. The number of aromatic nitrogens is 2. The van der Waals surface area contributed by atoms with Crippen molar-refractivity contribution in [1.82, 2.24) is 10.2 Å². The van der Waals surface area contributed by atoms with Crippen molar-refractivity contribution in [2.24, 2.45) is 5.92 Å². The number of rotatable bonds is 14. The molecular formula is C44H41N3O6S2. The first-order valence-corrected chi connectivity index (χ1v) is 19.8. The number of Topliss-reactive ketones (excluding diaryl/α,β-unsaturated/α-hetero) is 1. The van der Waals surface area contributed by atoms with Crippen molar-refractivity contribution in [2.75, 3.05) is 18.6 Å². The minimum atomic E-state index is -1.03. The summed E-state index contributed by atoms with van der Waals surface area (Å²) in [6.07, 6.45) is 0.860. The summed E-state index contributed by atoms with van der Waals surface area (Å²) >= 11 is 2.72. The normalized spacial score (nSPS) is 15.2. The number of aliphatic hydroxyl groups is 1. The van der Waals surface area contributed by atoms with Crippen LogP contribution < -0.4 is 19.1 Å². The third-order valence-electron chi connectivity index (χ3n) is 9.52. The van der Waals surface area contributed by atoms with Gasteiger partial charge in [0.25, 0.3) is 5.78 Å². The number of ketones is 1. The van der Waals surface area contributed by atoms with Crippen LogP contribution in [0.15, 0.2) is 119 Å². The summed E-state index contributed by atoms with van der Waals surface area (Å²) in [5.41, 5.74) is 4.15. The van der Waals surface area contributed by atoms with Gasteiger partial charge >= 0.3 is 5.91 Å². The molecule has 2 heterocycles. The molecule has 9 nitrogen and oxygen atoms in total. The second kappa shape index (κ2) is 16.8. The van der Waals surface area contributed by atoms with Gasteiger partial charge in [-0.25, -0.2) is 0 Å². The average molecular weight is 772 g/mol. The van der Waals surface area contributed by atoms with Crippen LogP contribution in [0.4, 0.5) is 5.13 Å². The van der Waals surface area contributed by atoms with Crippen molar-refractivity contribution >= 4 is 56.5 Å². The molecule has 0 aliphatic carbocycles. The molecule has 11 heteroatoms. The maximum atomic E-state index is 14.0. The molecule has 1 fully saturated rings. The molecule has 1 atom stereocenters. The van der Waals surface area contributed by atoms with Gasteiger partial charge in [-0.2, -0.15) is 0 Å². The molecule has 280 valence electrons. The summed E-state index contributed by atoms with van der Waals surface area (Å²) in [7, 11) is 1.54. The molecule has 0 bridgehead atoms. The van der Waals surface area contributed by atoms with Crippen LogP contribution in [0, 0.1) is 12.8 Å². The van der Waals surface area contributed by atoms with E-state index in [0.717, 1.165) is 33.9 Å². The Balaban J connectivity index is 1.22. The summed E-state index contributed by atoms with van der Waals surface area (Å²) in [6.45, 7) is 7.16. The summed E-state index contributed by atoms with van der Waals surface area (Å²) in [5.74, 6) is 0.693. The van der Waals surface area contributed by atoms with Gasteiger partial charge in [-0.1, -0.05) is 110 Å². The predicted octanol–water partition coefficient (Wildman–Crippen LogP) is 9.93. The van der Waals surface area contributed by atoms with Gasteiger partial charge in [0.2, 0.25) is 5.13 Å². The number of aliphatic hydroxyl groups excluding tert-OH is 1. The fraction of sp³-hybridized carbons (Fsp3) is 0.227. The summed E-state index contributed by atoms with van der Waals surface area (Å²) in [5, 5.41) is 23.2. The van der Waals surface area contributed by atoms with Crippen molar-refractivity contribution < 1.29 is 28.9 Å². The zero-order chi connectivity index (χ0) is 38.5. The summed E-state index contributed by atoms with van der Waals surface area (Å²) < 4.78 is 18.4. The molecular weight excluding hydrogens is 731 g/mol. The number of benzene rings is 5. The topological polar surface area (TPSA) is 111 Å². The Bertz CT molecular complexity index is 2370. The quantitative estimate of drug-likeness (QED) is 0.0380. The zero-order valence-corrected chi connectivity index (χ0v) is 32.7. The minimum absolute atomic E-state index is 0.0748. The molecule has 6 aromatic rings. The van der Waals surface area contributed by atoms with E-state index in [-0.39, 0.29) is 16.5 Å². The van der Waals surface area contributed by atoms with E-state index in [2.05, 4.69) is 48.3 Å². The number of aryl methyl sites for hydroxylation is 1. The fourth-order valence-electron chi connectivity index (χ4n) is 6.44. The molecule has 1 aromatic heterocycles. The number of fused-ring (bicyclic) bond motifs is 1. The van der Waals surface area contributed by atoms with E-state index >= 15 is 0 Å². The summed E-state index contributed by atoms with van der Waals surface area (Å²) in [4.78, 5) is 29.3. The number of hydrogen-bond acceptors (Lipinski definition) is 10. The van der Waals surface area contributed by atoms with Crippen LogP contribution in [-0.4, -0.2) is 40.7 Å². The van der Waals surface area contributed by atoms with Gasteiger partial charge in [0.05, 0.1) is 25.3 Å². The standard InChI is InChI=1S/C44H41N3O6S2/c1-27(2)22-23-52-36-21-18-31(24-37(36)51-4)39-38(40(48)30-16-19-34(20-17-30)53-25-32-12-6-5-10-28(32)3)41(49)42(50)47(39)43-45-46-44(55-43)54-26-33-14-9-13-29-11-7-8-15-35(29)33/h5-21,24,27,39,48H,22-23,25-26H2,1-4H3/b40-38+. The largest absolute Gasteiger partial charge is 0.507 e. The lowest BCUT2D eigenvalue weighted by molar-refractivity contribution is -0.132. The lowest BCUT2D eigenvalue weighted by atomic mass is 9.95. The Morgan fingerprint density at radius 3 is 2.40 bits per heavy atom. The van der Waals surface area contributed by atoms with E-state index in [0.29, 0.717) is 57.6 Å². The zero-order valence-electron chi connectivity index (χ0n) is 31.0. The molecule has 55 heavy (non-hydrogen) atoms. The highest BCUT2D eigenvalue weighted by Gasteiger charge is 2.48. The van der Waals surface area contributed by atoms with E-state index in [1.54, 1.807) is 42.5 Å². The Morgan fingerprint density at radius 2 is 1.62 bits per heavy atom. The van der Waals surface area contributed by atoms with E-state index in [4.69, 9.17) is 14.2 Å². The van der Waals surface area contributed by atoms with Crippen LogP contribution in [0.25, 0.3) is 16.5 Å². The number of methoxy groups -OCH3 is 1. The van der Waals surface area contributed by atoms with Gasteiger partial charge in [0.1, 0.15) is 18.1 Å². The van der Waals surface area contributed by atoms with Crippen LogP contribution in [0.2, 0.25) is 0 Å². The fourth-order valence-corrected chi connectivity index (χ4v) is 8.31. The van der Waals surface area contributed by atoms with Gasteiger partial charge in [0.15, 0.2) is 15.8 Å². The number of carbonyl (C=O) groups is 2. The Labute approximate surface area is 328 Å².